The Labute approximate surface area is 185 Å². The van der Waals surface area contributed by atoms with Crippen molar-refractivity contribution in [2.24, 2.45) is 28.6 Å². The van der Waals surface area contributed by atoms with Gasteiger partial charge in [0.2, 0.25) is 5.91 Å². The zero-order chi connectivity index (χ0) is 21.8. The number of hydrogen-bond donors (Lipinski definition) is 1. The van der Waals surface area contributed by atoms with E-state index in [0.717, 1.165) is 19.6 Å². The lowest BCUT2D eigenvalue weighted by molar-refractivity contribution is -0.139. The van der Waals surface area contributed by atoms with Crippen molar-refractivity contribution in [3.8, 4) is 0 Å². The Morgan fingerprint density at radius 1 is 1.29 bits per heavy atom. The summed E-state index contributed by atoms with van der Waals surface area (Å²) in [6.45, 7) is 10.3. The number of nitrogens with one attached hydrogen (secondary N) is 1. The Morgan fingerprint density at radius 2 is 2.06 bits per heavy atom. The minimum Gasteiger partial charge on any atom is -0.373 e. The highest BCUT2D eigenvalue weighted by Crippen LogP contribution is 2.70. The lowest BCUT2D eigenvalue weighted by atomic mass is 9.58. The topological polar surface area (TPSA) is 56.2 Å². The fraction of sp³-hybridized carbons (Fsp3) is 0.615. The van der Waals surface area contributed by atoms with Crippen molar-refractivity contribution in [1.29, 1.82) is 0 Å². The lowest BCUT2D eigenvalue weighted by Crippen LogP contribution is -2.59. The van der Waals surface area contributed by atoms with E-state index in [4.69, 9.17) is 4.74 Å². The number of ether oxygens (including phenoxy) is 1. The van der Waals surface area contributed by atoms with E-state index >= 15 is 0 Å². The smallest absolute Gasteiger partial charge is 0.222 e. The summed E-state index contributed by atoms with van der Waals surface area (Å²) < 4.78 is 8.36. The van der Waals surface area contributed by atoms with Crippen LogP contribution in [0.1, 0.15) is 64.2 Å². The highest BCUT2D eigenvalue weighted by Gasteiger charge is 2.68. The summed E-state index contributed by atoms with van der Waals surface area (Å²) in [5.74, 6) is 1.31. The third-order valence-electron chi connectivity index (χ3n) is 8.53. The van der Waals surface area contributed by atoms with Crippen LogP contribution >= 0.6 is 0 Å². The van der Waals surface area contributed by atoms with Crippen LogP contribution in [0.5, 0.6) is 0 Å². The molecule has 1 N–H and O–H groups in total. The molecule has 2 aliphatic carbocycles. The molecule has 1 amide bonds. The maximum absolute atomic E-state index is 12.7. The molecular weight excluding hydrogens is 386 g/mol. The Hall–Kier alpha value is -2.14. The number of amides is 1. The Morgan fingerprint density at radius 3 is 2.74 bits per heavy atom. The highest BCUT2D eigenvalue weighted by atomic mass is 16.5. The van der Waals surface area contributed by atoms with Crippen molar-refractivity contribution in [1.82, 2.24) is 15.1 Å². The summed E-state index contributed by atoms with van der Waals surface area (Å²) in [7, 11) is 0. The van der Waals surface area contributed by atoms with E-state index in [1.165, 1.54) is 24.0 Å². The van der Waals surface area contributed by atoms with Crippen LogP contribution in [-0.4, -0.2) is 28.3 Å². The normalized spacial score (nSPS) is 33.5. The SMILES string of the molecule is CC(C)C(=O)N[C@H]1C(C)(C)[C@@H]2C[C@@H]3[C@@H](c4ccc(Cn5cccn5)cc4)OCCC31C2. The van der Waals surface area contributed by atoms with Crippen LogP contribution in [-0.2, 0) is 16.1 Å². The minimum atomic E-state index is 0.0164. The Bertz CT molecular complexity index is 934. The van der Waals surface area contributed by atoms with Crippen molar-refractivity contribution in [3.63, 3.8) is 0 Å². The van der Waals surface area contributed by atoms with Crippen molar-refractivity contribution >= 4 is 5.91 Å². The molecule has 1 aromatic heterocycles. The summed E-state index contributed by atoms with van der Waals surface area (Å²) in [5, 5.41) is 7.80. The van der Waals surface area contributed by atoms with Crippen molar-refractivity contribution in [2.75, 3.05) is 6.61 Å². The molecule has 31 heavy (non-hydrogen) atoms. The van der Waals surface area contributed by atoms with E-state index in [-0.39, 0.29) is 34.8 Å². The fourth-order valence-electron chi connectivity index (χ4n) is 6.82. The van der Waals surface area contributed by atoms with E-state index in [2.05, 4.69) is 48.5 Å². The number of benzene rings is 1. The van der Waals surface area contributed by atoms with E-state index in [1.54, 1.807) is 0 Å². The van der Waals surface area contributed by atoms with Gasteiger partial charge in [-0.15, -0.1) is 0 Å². The first-order valence-corrected chi connectivity index (χ1v) is 11.8. The van der Waals surface area contributed by atoms with Gasteiger partial charge in [-0.1, -0.05) is 52.0 Å². The van der Waals surface area contributed by atoms with Crippen LogP contribution < -0.4 is 5.32 Å². The molecule has 0 radical (unpaired) electrons. The van der Waals surface area contributed by atoms with Gasteiger partial charge in [0.25, 0.3) is 0 Å². The predicted molar refractivity (Wildman–Crippen MR) is 120 cm³/mol. The Kier molecular flexibility index (Phi) is 5.00. The predicted octanol–water partition coefficient (Wildman–Crippen LogP) is 4.59. The molecule has 3 fully saturated rings. The average molecular weight is 422 g/mol. The zero-order valence-corrected chi connectivity index (χ0v) is 19.2. The largest absolute Gasteiger partial charge is 0.373 e. The van der Waals surface area contributed by atoms with E-state index in [0.29, 0.717) is 11.8 Å². The molecule has 166 valence electrons. The molecule has 2 bridgehead atoms. The van der Waals surface area contributed by atoms with Crippen LogP contribution in [0.4, 0.5) is 0 Å². The molecule has 2 saturated carbocycles. The third kappa shape index (κ3) is 3.32. The molecule has 1 spiro atoms. The highest BCUT2D eigenvalue weighted by molar-refractivity contribution is 5.78. The van der Waals surface area contributed by atoms with Crippen LogP contribution in [0, 0.1) is 28.6 Å². The van der Waals surface area contributed by atoms with E-state index in [1.807, 2.05) is 37.0 Å². The molecule has 1 saturated heterocycles. The van der Waals surface area contributed by atoms with Crippen LogP contribution in [0.15, 0.2) is 42.7 Å². The van der Waals surface area contributed by atoms with Gasteiger partial charge in [0.1, 0.15) is 0 Å². The van der Waals surface area contributed by atoms with Crippen molar-refractivity contribution in [2.45, 2.75) is 65.6 Å². The number of rotatable bonds is 5. The van der Waals surface area contributed by atoms with Crippen LogP contribution in [0.3, 0.4) is 0 Å². The number of hydrogen-bond acceptors (Lipinski definition) is 3. The molecule has 5 rings (SSSR count). The molecule has 1 aromatic carbocycles. The summed E-state index contributed by atoms with van der Waals surface area (Å²) in [4.78, 5) is 12.7. The molecule has 5 atom stereocenters. The molecule has 2 heterocycles. The summed E-state index contributed by atoms with van der Waals surface area (Å²) >= 11 is 0. The minimum absolute atomic E-state index is 0.0164. The fourth-order valence-corrected chi connectivity index (χ4v) is 6.82. The second-order valence-electron chi connectivity index (χ2n) is 10.9. The quantitative estimate of drug-likeness (QED) is 0.768. The molecule has 1 aliphatic heterocycles. The maximum Gasteiger partial charge on any atom is 0.222 e. The summed E-state index contributed by atoms with van der Waals surface area (Å²) in [5.41, 5.74) is 2.80. The first kappa shape index (κ1) is 20.7. The summed E-state index contributed by atoms with van der Waals surface area (Å²) in [6.07, 6.45) is 7.38. The molecule has 1 unspecified atom stereocenters. The van der Waals surface area contributed by atoms with Crippen LogP contribution in [0.2, 0.25) is 0 Å². The number of carbonyl (C=O) groups excluding carboxylic acids is 1. The van der Waals surface area contributed by atoms with Gasteiger partial charge in [-0.05, 0) is 59.1 Å². The van der Waals surface area contributed by atoms with Gasteiger partial charge < -0.3 is 10.1 Å². The average Bonchev–Trinajstić information content (AvgIpc) is 3.43. The van der Waals surface area contributed by atoms with E-state index < -0.39 is 0 Å². The van der Waals surface area contributed by atoms with Gasteiger partial charge >= 0.3 is 0 Å². The van der Waals surface area contributed by atoms with Crippen LogP contribution in [0.25, 0.3) is 0 Å². The third-order valence-corrected chi connectivity index (χ3v) is 8.53. The number of nitrogens with zero attached hydrogens (tertiary/aromatic N) is 2. The van der Waals surface area contributed by atoms with Gasteiger partial charge in [0, 0.05) is 31.0 Å². The molecule has 5 heteroatoms. The molecule has 2 aromatic rings. The standard InChI is InChI=1S/C26H35N3O2/c1-17(2)23(30)28-24-25(3,4)20-14-21-22(31-13-10-26(21,24)15-20)19-8-6-18(7-9-19)16-29-12-5-11-27-29/h5-9,11-12,17,20-22,24H,10,13-16H2,1-4H3,(H,28,30)/t20-,21-,22-,24+,26?/m1/s1. The lowest BCUT2D eigenvalue weighted by Gasteiger charge is -2.53. The zero-order valence-electron chi connectivity index (χ0n) is 19.2. The monoisotopic (exact) mass is 421 g/mol. The van der Waals surface area contributed by atoms with Crippen molar-refractivity contribution in [3.05, 3.63) is 53.9 Å². The summed E-state index contributed by atoms with van der Waals surface area (Å²) in [6, 6.07) is 11.1. The molecule has 3 aliphatic rings. The molecule has 5 nitrogen and oxygen atoms in total. The first-order valence-electron chi connectivity index (χ1n) is 11.8. The second-order valence-corrected chi connectivity index (χ2v) is 10.9. The van der Waals surface area contributed by atoms with Gasteiger partial charge in [0.05, 0.1) is 12.6 Å². The molecular formula is C26H35N3O2. The number of carbonyl (C=O) groups is 1. The number of aromatic nitrogens is 2. The van der Waals surface area contributed by atoms with E-state index in [9.17, 15) is 4.79 Å². The first-order chi connectivity index (χ1) is 14.8. The van der Waals surface area contributed by atoms with Gasteiger partial charge in [-0.3, -0.25) is 9.48 Å². The number of fused-ring (bicyclic) bond motifs is 1. The Balaban J connectivity index is 1.40. The van der Waals surface area contributed by atoms with Gasteiger partial charge in [-0.2, -0.15) is 5.10 Å². The van der Waals surface area contributed by atoms with Crippen molar-refractivity contribution < 1.29 is 9.53 Å². The van der Waals surface area contributed by atoms with Gasteiger partial charge in [-0.25, -0.2) is 0 Å². The van der Waals surface area contributed by atoms with Gasteiger partial charge in [0.15, 0.2) is 0 Å². The maximum atomic E-state index is 12.7. The second kappa shape index (κ2) is 7.47.